The normalized spacial score (nSPS) is 9.75. The predicted octanol–water partition coefficient (Wildman–Crippen LogP) is -0.371. The molecule has 0 saturated carbocycles. The SMILES string of the molecule is C/C=C/C(=O)NCO. The Balaban J connectivity index is 3.33. The van der Waals surface area contributed by atoms with Crippen molar-refractivity contribution in [1.29, 1.82) is 0 Å². The van der Waals surface area contributed by atoms with Crippen molar-refractivity contribution in [2.24, 2.45) is 0 Å². The zero-order valence-corrected chi connectivity index (χ0v) is 4.72. The number of hydrogen-bond donors (Lipinski definition) is 2. The van der Waals surface area contributed by atoms with Gasteiger partial charge in [0.2, 0.25) is 5.91 Å². The Hall–Kier alpha value is -0.830. The third-order valence-corrected chi connectivity index (χ3v) is 0.571. The van der Waals surface area contributed by atoms with Crippen molar-refractivity contribution in [1.82, 2.24) is 5.32 Å². The quantitative estimate of drug-likeness (QED) is 0.381. The minimum absolute atomic E-state index is 0.269. The molecule has 0 aliphatic carbocycles. The Bertz CT molecular complexity index is 98.6. The molecule has 0 bridgehead atoms. The lowest BCUT2D eigenvalue weighted by Crippen LogP contribution is -2.21. The molecule has 3 nitrogen and oxygen atoms in total. The molecule has 0 aromatic carbocycles. The first-order chi connectivity index (χ1) is 3.81. The smallest absolute Gasteiger partial charge is 0.245 e. The molecule has 0 aliphatic heterocycles. The summed E-state index contributed by atoms with van der Waals surface area (Å²) >= 11 is 0. The number of hydrogen-bond acceptors (Lipinski definition) is 2. The van der Waals surface area contributed by atoms with E-state index >= 15 is 0 Å². The van der Waals surface area contributed by atoms with Crippen LogP contribution in [0.4, 0.5) is 0 Å². The van der Waals surface area contributed by atoms with Crippen LogP contribution in [0.2, 0.25) is 0 Å². The Morgan fingerprint density at radius 2 is 2.50 bits per heavy atom. The van der Waals surface area contributed by atoms with Gasteiger partial charge >= 0.3 is 0 Å². The second-order valence-electron chi connectivity index (χ2n) is 1.20. The number of rotatable bonds is 2. The average Bonchev–Trinajstić information content (AvgIpc) is 1.68. The summed E-state index contributed by atoms with van der Waals surface area (Å²) in [6.45, 7) is 1.43. The maximum absolute atomic E-state index is 10.3. The van der Waals surface area contributed by atoms with Crippen LogP contribution in [0.5, 0.6) is 0 Å². The highest BCUT2D eigenvalue weighted by Crippen LogP contribution is 1.68. The van der Waals surface area contributed by atoms with Crippen molar-refractivity contribution in [3.63, 3.8) is 0 Å². The zero-order valence-electron chi connectivity index (χ0n) is 4.72. The number of carbonyl (C=O) groups is 1. The summed E-state index contributed by atoms with van der Waals surface area (Å²) in [5.74, 6) is -0.269. The number of amides is 1. The van der Waals surface area contributed by atoms with Crippen LogP contribution in [-0.2, 0) is 4.79 Å². The Morgan fingerprint density at radius 3 is 2.88 bits per heavy atom. The fraction of sp³-hybridized carbons (Fsp3) is 0.400. The van der Waals surface area contributed by atoms with Gasteiger partial charge in [0.15, 0.2) is 0 Å². The maximum atomic E-state index is 10.3. The highest BCUT2D eigenvalue weighted by Gasteiger charge is 1.86. The Kier molecular flexibility index (Phi) is 3.88. The minimum atomic E-state index is -0.302. The molecule has 3 heteroatoms. The van der Waals surface area contributed by atoms with Crippen LogP contribution in [-0.4, -0.2) is 17.7 Å². The number of allylic oxidation sites excluding steroid dienone is 1. The fourth-order valence-electron chi connectivity index (χ4n) is 0.288. The molecule has 0 unspecified atom stereocenters. The number of carbonyl (C=O) groups excluding carboxylic acids is 1. The first-order valence-corrected chi connectivity index (χ1v) is 2.32. The van der Waals surface area contributed by atoms with E-state index in [1.165, 1.54) is 6.08 Å². The van der Waals surface area contributed by atoms with Crippen LogP contribution < -0.4 is 5.32 Å². The molecule has 8 heavy (non-hydrogen) atoms. The first kappa shape index (κ1) is 7.17. The molecule has 0 spiro atoms. The van der Waals surface area contributed by atoms with E-state index in [9.17, 15) is 4.79 Å². The average molecular weight is 115 g/mol. The molecule has 0 heterocycles. The van der Waals surface area contributed by atoms with Gasteiger partial charge < -0.3 is 10.4 Å². The summed E-state index contributed by atoms with van der Waals surface area (Å²) in [4.78, 5) is 10.3. The van der Waals surface area contributed by atoms with Crippen LogP contribution in [0.1, 0.15) is 6.92 Å². The van der Waals surface area contributed by atoms with Crippen LogP contribution in [0, 0.1) is 0 Å². The van der Waals surface area contributed by atoms with Gasteiger partial charge in [0.25, 0.3) is 0 Å². The molecule has 1 amide bonds. The lowest BCUT2D eigenvalue weighted by molar-refractivity contribution is -0.117. The van der Waals surface area contributed by atoms with E-state index in [0.717, 1.165) is 0 Å². The van der Waals surface area contributed by atoms with Gasteiger partial charge in [-0.3, -0.25) is 4.79 Å². The van der Waals surface area contributed by atoms with Gasteiger partial charge in [0, 0.05) is 0 Å². The van der Waals surface area contributed by atoms with Gasteiger partial charge in [0.1, 0.15) is 6.73 Å². The summed E-state index contributed by atoms with van der Waals surface area (Å²) in [5, 5.41) is 10.3. The Morgan fingerprint density at radius 1 is 1.88 bits per heavy atom. The zero-order chi connectivity index (χ0) is 6.41. The number of aliphatic hydroxyl groups excluding tert-OH is 1. The molecule has 0 aromatic rings. The third-order valence-electron chi connectivity index (χ3n) is 0.571. The topological polar surface area (TPSA) is 49.3 Å². The van der Waals surface area contributed by atoms with Gasteiger partial charge in [-0.05, 0) is 13.0 Å². The molecule has 0 aliphatic rings. The van der Waals surface area contributed by atoms with E-state index in [1.54, 1.807) is 13.0 Å². The van der Waals surface area contributed by atoms with Crippen LogP contribution >= 0.6 is 0 Å². The molecule has 0 fully saturated rings. The van der Waals surface area contributed by atoms with Gasteiger partial charge in [-0.1, -0.05) is 6.08 Å². The standard InChI is InChI=1S/C5H9NO2/c1-2-3-5(8)6-4-7/h2-3,7H,4H2,1H3,(H,6,8)/b3-2+. The van der Waals surface area contributed by atoms with Crippen molar-refractivity contribution in [3.8, 4) is 0 Å². The molecule has 0 atom stereocenters. The molecule has 2 N–H and O–H groups in total. The van der Waals surface area contributed by atoms with E-state index in [0.29, 0.717) is 0 Å². The van der Waals surface area contributed by atoms with E-state index in [4.69, 9.17) is 5.11 Å². The predicted molar refractivity (Wildman–Crippen MR) is 30.0 cm³/mol. The van der Waals surface area contributed by atoms with Gasteiger partial charge in [-0.25, -0.2) is 0 Å². The summed E-state index contributed by atoms with van der Waals surface area (Å²) in [7, 11) is 0. The molecular formula is C5H9NO2. The fourth-order valence-corrected chi connectivity index (χ4v) is 0.288. The van der Waals surface area contributed by atoms with Crippen molar-refractivity contribution >= 4 is 5.91 Å². The lowest BCUT2D eigenvalue weighted by Gasteiger charge is -1.90. The summed E-state index contributed by atoms with van der Waals surface area (Å²) in [6.07, 6.45) is 2.95. The highest BCUT2D eigenvalue weighted by atomic mass is 16.3. The van der Waals surface area contributed by atoms with Crippen LogP contribution in [0.3, 0.4) is 0 Å². The molecule has 0 rings (SSSR count). The summed E-state index contributed by atoms with van der Waals surface area (Å²) in [5.41, 5.74) is 0. The van der Waals surface area contributed by atoms with Gasteiger partial charge in [-0.15, -0.1) is 0 Å². The van der Waals surface area contributed by atoms with Crippen molar-refractivity contribution < 1.29 is 9.90 Å². The number of nitrogens with one attached hydrogen (secondary N) is 1. The first-order valence-electron chi connectivity index (χ1n) is 2.32. The largest absolute Gasteiger partial charge is 0.376 e. The second-order valence-corrected chi connectivity index (χ2v) is 1.20. The molecular weight excluding hydrogens is 106 g/mol. The second kappa shape index (κ2) is 4.33. The highest BCUT2D eigenvalue weighted by molar-refractivity contribution is 5.87. The van der Waals surface area contributed by atoms with E-state index in [1.807, 2.05) is 0 Å². The summed E-state index contributed by atoms with van der Waals surface area (Å²) < 4.78 is 0. The van der Waals surface area contributed by atoms with Gasteiger partial charge in [0.05, 0.1) is 0 Å². The number of aliphatic hydroxyl groups is 1. The molecule has 0 radical (unpaired) electrons. The third kappa shape index (κ3) is 3.36. The van der Waals surface area contributed by atoms with E-state index in [2.05, 4.69) is 5.32 Å². The molecule has 0 aromatic heterocycles. The van der Waals surface area contributed by atoms with Crippen LogP contribution in [0.15, 0.2) is 12.2 Å². The van der Waals surface area contributed by atoms with Crippen molar-refractivity contribution in [2.75, 3.05) is 6.73 Å². The monoisotopic (exact) mass is 115 g/mol. The maximum Gasteiger partial charge on any atom is 0.245 e. The molecule has 0 saturated heterocycles. The van der Waals surface area contributed by atoms with Crippen molar-refractivity contribution in [3.05, 3.63) is 12.2 Å². The van der Waals surface area contributed by atoms with E-state index < -0.39 is 0 Å². The van der Waals surface area contributed by atoms with Crippen molar-refractivity contribution in [2.45, 2.75) is 6.92 Å². The van der Waals surface area contributed by atoms with Crippen LogP contribution in [0.25, 0.3) is 0 Å². The van der Waals surface area contributed by atoms with E-state index in [-0.39, 0.29) is 12.6 Å². The van der Waals surface area contributed by atoms with Gasteiger partial charge in [-0.2, -0.15) is 0 Å². The minimum Gasteiger partial charge on any atom is -0.376 e. The molecule has 46 valence electrons. The lowest BCUT2D eigenvalue weighted by atomic mass is 10.5. The summed E-state index contributed by atoms with van der Waals surface area (Å²) in [6, 6.07) is 0. The Labute approximate surface area is 48.0 Å².